The Morgan fingerprint density at radius 3 is 2.71 bits per heavy atom. The summed E-state index contributed by atoms with van der Waals surface area (Å²) in [4.78, 5) is 10.5. The second-order valence-corrected chi connectivity index (χ2v) is 3.14. The van der Waals surface area contributed by atoms with E-state index in [1.807, 2.05) is 0 Å². The maximum atomic E-state index is 11.8. The van der Waals surface area contributed by atoms with Crippen LogP contribution in [-0.4, -0.2) is 12.1 Å². The monoisotopic (exact) mass is 220 g/mol. The zero-order chi connectivity index (χ0) is 10.8. The van der Waals surface area contributed by atoms with E-state index in [4.69, 9.17) is 5.26 Å². The van der Waals surface area contributed by atoms with Crippen molar-refractivity contribution in [1.29, 1.82) is 5.26 Å². The second-order valence-electron chi connectivity index (χ2n) is 2.23. The van der Waals surface area contributed by atoms with Crippen molar-refractivity contribution in [2.45, 2.75) is 6.18 Å². The van der Waals surface area contributed by atoms with E-state index in [0.29, 0.717) is 0 Å². The number of nitriles is 1. The summed E-state index contributed by atoms with van der Waals surface area (Å²) in [6.07, 6.45) is -4.94. The topological polar surface area (TPSA) is 52.9 Å². The Morgan fingerprint density at radius 1 is 1.57 bits per heavy atom. The van der Waals surface area contributed by atoms with Gasteiger partial charge in [-0.25, -0.2) is 0 Å². The van der Waals surface area contributed by atoms with E-state index in [2.05, 4.69) is 0 Å². The number of carbonyl (C=O) groups is 1. The maximum absolute atomic E-state index is 11.8. The zero-order valence-electron chi connectivity index (χ0n) is 6.55. The molecule has 1 rings (SSSR count). The number of rotatable bonds is 1. The smallest absolute Gasteiger partial charge is 0.316 e. The molecule has 7 heteroatoms. The summed E-state index contributed by atoms with van der Waals surface area (Å²) in [6.45, 7) is 0. The number of amides is 1. The summed E-state index contributed by atoms with van der Waals surface area (Å²) >= 11 is 0.959. The number of nitrogens with zero attached hydrogens (tertiary/aromatic N) is 1. The number of nitrogens with one attached hydrogen (secondary N) is 1. The number of alkyl halides is 3. The molecular formula is C7H3F3N2OS. The van der Waals surface area contributed by atoms with Crippen LogP contribution in [0.25, 0.3) is 0 Å². The molecule has 0 fully saturated rings. The predicted molar refractivity (Wildman–Crippen MR) is 43.7 cm³/mol. The van der Waals surface area contributed by atoms with Crippen LogP contribution >= 0.6 is 11.3 Å². The van der Waals surface area contributed by atoms with Gasteiger partial charge in [0.2, 0.25) is 0 Å². The van der Waals surface area contributed by atoms with E-state index < -0.39 is 12.1 Å². The van der Waals surface area contributed by atoms with Crippen molar-refractivity contribution in [3.05, 3.63) is 16.3 Å². The van der Waals surface area contributed by atoms with Gasteiger partial charge >= 0.3 is 12.1 Å². The Bertz CT molecular complexity index is 390. The van der Waals surface area contributed by atoms with E-state index in [1.165, 1.54) is 11.4 Å². The first-order chi connectivity index (χ1) is 6.45. The highest BCUT2D eigenvalue weighted by atomic mass is 32.1. The Morgan fingerprint density at radius 2 is 2.21 bits per heavy atom. The van der Waals surface area contributed by atoms with Gasteiger partial charge < -0.3 is 5.32 Å². The summed E-state index contributed by atoms with van der Waals surface area (Å²) in [6, 6.07) is 2.91. The molecule has 1 aromatic rings. The fourth-order valence-corrected chi connectivity index (χ4v) is 1.33. The van der Waals surface area contributed by atoms with Gasteiger partial charge in [0.05, 0.1) is 5.69 Å². The van der Waals surface area contributed by atoms with Crippen molar-refractivity contribution in [3.63, 3.8) is 0 Å². The Balaban J connectivity index is 2.81. The van der Waals surface area contributed by atoms with E-state index >= 15 is 0 Å². The normalized spacial score (nSPS) is 10.7. The molecule has 0 saturated heterocycles. The molecule has 3 nitrogen and oxygen atoms in total. The van der Waals surface area contributed by atoms with Gasteiger partial charge in [-0.15, -0.1) is 11.3 Å². The molecule has 1 amide bonds. The lowest BCUT2D eigenvalue weighted by molar-refractivity contribution is -0.167. The van der Waals surface area contributed by atoms with Crippen molar-refractivity contribution >= 4 is 22.9 Å². The lowest BCUT2D eigenvalue weighted by Gasteiger charge is -2.05. The first-order valence-electron chi connectivity index (χ1n) is 3.31. The van der Waals surface area contributed by atoms with E-state index in [9.17, 15) is 18.0 Å². The third-order valence-corrected chi connectivity index (χ3v) is 2.09. The largest absolute Gasteiger partial charge is 0.471 e. The van der Waals surface area contributed by atoms with Crippen molar-refractivity contribution in [2.24, 2.45) is 0 Å². The molecule has 0 aliphatic rings. The minimum Gasteiger partial charge on any atom is -0.316 e. The zero-order valence-corrected chi connectivity index (χ0v) is 7.37. The third-order valence-electron chi connectivity index (χ3n) is 1.27. The highest BCUT2D eigenvalue weighted by Crippen LogP contribution is 2.24. The fourth-order valence-electron chi connectivity index (χ4n) is 0.687. The molecule has 0 radical (unpaired) electrons. The summed E-state index contributed by atoms with van der Waals surface area (Å²) in [5.41, 5.74) is -0.111. The molecular weight excluding hydrogens is 217 g/mol. The summed E-state index contributed by atoms with van der Waals surface area (Å²) in [5, 5.41) is 11.5. The third kappa shape index (κ3) is 2.23. The Kier molecular flexibility index (Phi) is 2.76. The number of hydrogen-bond acceptors (Lipinski definition) is 3. The number of carbonyl (C=O) groups excluding carboxylic acids is 1. The molecule has 0 atom stereocenters. The van der Waals surface area contributed by atoms with Crippen LogP contribution in [0.5, 0.6) is 0 Å². The molecule has 0 aromatic carbocycles. The molecule has 14 heavy (non-hydrogen) atoms. The molecule has 1 N–H and O–H groups in total. The number of anilines is 1. The van der Waals surface area contributed by atoms with Crippen molar-refractivity contribution in [2.75, 3.05) is 5.32 Å². The maximum Gasteiger partial charge on any atom is 0.471 e. The molecule has 1 aromatic heterocycles. The highest BCUT2D eigenvalue weighted by molar-refractivity contribution is 7.11. The van der Waals surface area contributed by atoms with Crippen molar-refractivity contribution in [1.82, 2.24) is 0 Å². The number of thiophene rings is 1. The minimum absolute atomic E-state index is 0.0441. The predicted octanol–water partition coefficient (Wildman–Crippen LogP) is 2.12. The molecule has 0 bridgehead atoms. The molecule has 0 aliphatic heterocycles. The van der Waals surface area contributed by atoms with Crippen LogP contribution < -0.4 is 5.32 Å². The molecule has 74 valence electrons. The van der Waals surface area contributed by atoms with Gasteiger partial charge in [0.1, 0.15) is 10.9 Å². The molecule has 0 saturated carbocycles. The van der Waals surface area contributed by atoms with Gasteiger partial charge in [-0.1, -0.05) is 0 Å². The van der Waals surface area contributed by atoms with E-state index in [1.54, 1.807) is 11.4 Å². The van der Waals surface area contributed by atoms with Gasteiger partial charge in [0.15, 0.2) is 0 Å². The number of hydrogen-bond donors (Lipinski definition) is 1. The van der Waals surface area contributed by atoms with Gasteiger partial charge in [-0.2, -0.15) is 18.4 Å². The molecule has 0 unspecified atom stereocenters. The summed E-state index contributed by atoms with van der Waals surface area (Å²) < 4.78 is 35.4. The van der Waals surface area contributed by atoms with Crippen LogP contribution in [0.3, 0.4) is 0 Å². The van der Waals surface area contributed by atoms with Crippen LogP contribution in [0.4, 0.5) is 18.9 Å². The van der Waals surface area contributed by atoms with Crippen molar-refractivity contribution in [3.8, 4) is 6.07 Å². The lowest BCUT2D eigenvalue weighted by Crippen LogP contribution is -2.29. The lowest BCUT2D eigenvalue weighted by atomic mass is 10.4. The quantitative estimate of drug-likeness (QED) is 0.788. The average molecular weight is 220 g/mol. The summed E-state index contributed by atoms with van der Waals surface area (Å²) in [5.74, 6) is -2.08. The van der Waals surface area contributed by atoms with Gasteiger partial charge in [-0.3, -0.25) is 4.79 Å². The molecule has 1 heterocycles. The highest BCUT2D eigenvalue weighted by Gasteiger charge is 2.39. The van der Waals surface area contributed by atoms with E-state index in [0.717, 1.165) is 11.3 Å². The average Bonchev–Trinajstić information content (AvgIpc) is 2.50. The van der Waals surface area contributed by atoms with Crippen LogP contribution in [-0.2, 0) is 4.79 Å². The Labute approximate surface area is 80.8 Å². The Hall–Kier alpha value is -1.55. The minimum atomic E-state index is -4.94. The van der Waals surface area contributed by atoms with E-state index in [-0.39, 0.29) is 10.6 Å². The molecule has 0 aliphatic carbocycles. The van der Waals surface area contributed by atoms with Gasteiger partial charge in [-0.05, 0) is 11.4 Å². The van der Waals surface area contributed by atoms with Crippen LogP contribution in [0.1, 0.15) is 4.88 Å². The fraction of sp³-hybridized carbons (Fsp3) is 0.143. The first kappa shape index (κ1) is 10.5. The standard InChI is InChI=1S/C7H3F3N2OS/c8-7(9,10)6(13)12-4-1-2-14-5(4)3-11/h1-2H,(H,12,13). The van der Waals surface area contributed by atoms with Crippen LogP contribution in [0, 0.1) is 11.3 Å². The molecule has 0 spiro atoms. The van der Waals surface area contributed by atoms with Crippen LogP contribution in [0.15, 0.2) is 11.4 Å². The van der Waals surface area contributed by atoms with Gasteiger partial charge in [0, 0.05) is 0 Å². The summed E-state index contributed by atoms with van der Waals surface area (Å²) in [7, 11) is 0. The number of halogens is 3. The SMILES string of the molecule is N#Cc1sccc1NC(=O)C(F)(F)F. The van der Waals surface area contributed by atoms with Gasteiger partial charge in [0.25, 0.3) is 0 Å². The van der Waals surface area contributed by atoms with Crippen LogP contribution in [0.2, 0.25) is 0 Å². The van der Waals surface area contributed by atoms with Crippen molar-refractivity contribution < 1.29 is 18.0 Å². The first-order valence-corrected chi connectivity index (χ1v) is 4.19. The second kappa shape index (κ2) is 3.67.